The number of likely N-dealkylation sites (N-methyl/N-ethyl adjacent to an activating group) is 1. The first-order chi connectivity index (χ1) is 27.6. The summed E-state index contributed by atoms with van der Waals surface area (Å²) in [7, 11) is 3.55. The number of cyclic esters (lactones) is 1. The quantitative estimate of drug-likeness (QED) is 0.147. The van der Waals surface area contributed by atoms with Crippen molar-refractivity contribution in [3.63, 3.8) is 0 Å². The van der Waals surface area contributed by atoms with Gasteiger partial charge >= 0.3 is 12.1 Å². The second-order valence-corrected chi connectivity index (χ2v) is 17.2. The Labute approximate surface area is 344 Å². The van der Waals surface area contributed by atoms with Crippen molar-refractivity contribution in [1.82, 2.24) is 15.2 Å². The van der Waals surface area contributed by atoms with E-state index in [1.165, 1.54) is 27.0 Å². The number of ketones is 2. The fourth-order valence-electron chi connectivity index (χ4n) is 9.05. The van der Waals surface area contributed by atoms with Crippen LogP contribution in [0.1, 0.15) is 79.4 Å². The molecule has 0 spiro atoms. The number of aliphatic hydroxyl groups is 5. The second-order valence-electron chi connectivity index (χ2n) is 17.2. The minimum atomic E-state index is -3.18. The number of nitrogens with one attached hydrogen (secondary N) is 1. The Bertz CT molecular complexity index is 1850. The van der Waals surface area contributed by atoms with Gasteiger partial charge in [0.1, 0.15) is 30.2 Å². The SMILES string of the molecule is CC[C@@H]1OC(=O)C(O)(CO)C(=O)[C@H](C)[C@@H](O[C@@H]2O[C@H](C)C[C@H](N(C)C)[C@H]2O)[C@@](C)(OCC(O)C(O)c2cnc3ccccc3c2)C[C@@H](C)C(=O)[C@@H](C)[C@H]2NC(=O)O[C@]12C. The normalized spacial score (nSPS) is 38.6. The molecule has 0 saturated carbocycles. The number of rotatable bonds is 10. The number of para-hydroxylation sites is 1. The number of hydrogen-bond acceptors (Lipinski definition) is 16. The van der Waals surface area contributed by atoms with E-state index in [9.17, 15) is 44.7 Å². The van der Waals surface area contributed by atoms with Crippen molar-refractivity contribution >= 4 is 34.5 Å². The lowest BCUT2D eigenvalue weighted by molar-refractivity contribution is -0.300. The molecule has 2 aromatic rings. The van der Waals surface area contributed by atoms with Crippen LogP contribution in [0.4, 0.5) is 4.79 Å². The average molecular weight is 832 g/mol. The Kier molecular flexibility index (Phi) is 14.3. The second kappa shape index (κ2) is 18.1. The number of ether oxygens (including phenoxy) is 5. The number of hydrogen-bond donors (Lipinski definition) is 6. The number of carbonyl (C=O) groups excluding carboxylic acids is 4. The first-order valence-electron chi connectivity index (χ1n) is 20.2. The zero-order valence-electron chi connectivity index (χ0n) is 35.2. The molecule has 15 atom stereocenters. The number of Topliss-reactive ketones (excluding diaryl/α,β-unsaturated/α-hetero) is 2. The van der Waals surface area contributed by atoms with Gasteiger partial charge in [0.2, 0.25) is 5.60 Å². The van der Waals surface area contributed by atoms with E-state index in [1.807, 2.05) is 12.1 Å². The highest BCUT2D eigenvalue weighted by molar-refractivity contribution is 6.08. The maximum atomic E-state index is 14.6. The molecule has 3 aliphatic rings. The summed E-state index contributed by atoms with van der Waals surface area (Å²) in [6.07, 6.45) is -8.35. The summed E-state index contributed by atoms with van der Waals surface area (Å²) in [6.45, 7) is 8.92. The minimum Gasteiger partial charge on any atom is -0.455 e. The van der Waals surface area contributed by atoms with Gasteiger partial charge < -0.3 is 59.4 Å². The Morgan fingerprint density at radius 2 is 1.73 bits per heavy atom. The molecular formula is C42H61N3O14. The number of amides is 1. The standard InChI is InChI=1S/C42H61N3O14/c1-10-30-41(7)34(44-39(53)59-41)23(4)31(48)21(2)17-40(6,55-19-29(47)32(49)26-16-25-13-11-12-14-27(25)43-18-26)36(24(5)35(51)42(54,20-46)38(52)57-30)58-37-33(50)28(45(8)9)15-22(3)56-37/h11-14,16,18,21-24,28-30,32-34,36-37,46-47,49-50,54H,10,15,17,19-20H2,1-9H3,(H,44,53)/t21-,22-,23-,24+,28+,29?,30+,32?,33-,34-,36-,37+,40+,41-,42?/m1/s1. The number of alkyl carbamates (subject to hydrolysis) is 1. The highest BCUT2D eigenvalue weighted by Gasteiger charge is 2.60. The molecule has 3 aliphatic heterocycles. The van der Waals surface area contributed by atoms with E-state index < -0.39 is 121 Å². The summed E-state index contributed by atoms with van der Waals surface area (Å²) < 4.78 is 30.6. The highest BCUT2D eigenvalue weighted by Crippen LogP contribution is 2.41. The molecule has 6 N–H and O–H groups in total. The lowest BCUT2D eigenvalue weighted by atomic mass is 9.73. The fraction of sp³-hybridized carbons (Fsp3) is 0.690. The van der Waals surface area contributed by atoms with Gasteiger partial charge in [-0.05, 0) is 66.3 Å². The van der Waals surface area contributed by atoms with Gasteiger partial charge in [0, 0.05) is 40.9 Å². The number of nitrogens with zero attached hydrogens (tertiary/aromatic N) is 2. The molecule has 1 aromatic heterocycles. The van der Waals surface area contributed by atoms with E-state index in [0.717, 1.165) is 0 Å². The average Bonchev–Trinajstić information content (AvgIpc) is 3.53. The maximum Gasteiger partial charge on any atom is 0.408 e. The fourth-order valence-corrected chi connectivity index (χ4v) is 9.05. The number of pyridine rings is 1. The largest absolute Gasteiger partial charge is 0.455 e. The first-order valence-corrected chi connectivity index (χ1v) is 20.2. The van der Waals surface area contributed by atoms with Crippen molar-refractivity contribution in [2.75, 3.05) is 27.3 Å². The molecule has 4 heterocycles. The van der Waals surface area contributed by atoms with Crippen LogP contribution in [0.15, 0.2) is 36.5 Å². The smallest absolute Gasteiger partial charge is 0.408 e. The summed E-state index contributed by atoms with van der Waals surface area (Å²) in [5.74, 6) is -6.62. The highest BCUT2D eigenvalue weighted by atomic mass is 16.7. The van der Waals surface area contributed by atoms with Crippen molar-refractivity contribution in [2.24, 2.45) is 17.8 Å². The predicted molar refractivity (Wildman–Crippen MR) is 211 cm³/mol. The zero-order chi connectivity index (χ0) is 43.8. The van der Waals surface area contributed by atoms with E-state index in [1.54, 1.807) is 64.9 Å². The van der Waals surface area contributed by atoms with E-state index in [0.29, 0.717) is 17.3 Å². The number of esters is 1. The molecule has 5 rings (SSSR count). The van der Waals surface area contributed by atoms with Crippen LogP contribution in [0.2, 0.25) is 0 Å². The molecule has 0 bridgehead atoms. The van der Waals surface area contributed by atoms with Crippen molar-refractivity contribution in [2.45, 2.75) is 140 Å². The van der Waals surface area contributed by atoms with Crippen LogP contribution in [-0.2, 0) is 38.1 Å². The molecule has 0 radical (unpaired) electrons. The van der Waals surface area contributed by atoms with Gasteiger partial charge in [0.15, 0.2) is 17.7 Å². The predicted octanol–water partition coefficient (Wildman–Crippen LogP) is 1.58. The summed E-state index contributed by atoms with van der Waals surface area (Å²) in [4.78, 5) is 62.0. The molecule has 59 heavy (non-hydrogen) atoms. The number of aliphatic hydroxyl groups excluding tert-OH is 4. The molecule has 17 heteroatoms. The summed E-state index contributed by atoms with van der Waals surface area (Å²) in [5.41, 5.74) is -5.69. The van der Waals surface area contributed by atoms with Crippen molar-refractivity contribution in [3.05, 3.63) is 42.1 Å². The topological polar surface area (TPSA) is 244 Å². The third-order valence-corrected chi connectivity index (χ3v) is 12.5. The van der Waals surface area contributed by atoms with Crippen LogP contribution in [-0.4, -0.2) is 152 Å². The number of aromatic nitrogens is 1. The van der Waals surface area contributed by atoms with E-state index in [2.05, 4.69) is 10.3 Å². The van der Waals surface area contributed by atoms with Crippen LogP contribution in [0.25, 0.3) is 10.9 Å². The molecule has 0 aliphatic carbocycles. The van der Waals surface area contributed by atoms with Crippen LogP contribution < -0.4 is 5.32 Å². The van der Waals surface area contributed by atoms with Gasteiger partial charge in [0.25, 0.3) is 0 Å². The molecule has 17 nitrogen and oxygen atoms in total. The van der Waals surface area contributed by atoms with Gasteiger partial charge in [-0.2, -0.15) is 0 Å². The van der Waals surface area contributed by atoms with Crippen LogP contribution >= 0.6 is 0 Å². The van der Waals surface area contributed by atoms with Crippen LogP contribution in [0.5, 0.6) is 0 Å². The molecule has 1 amide bonds. The van der Waals surface area contributed by atoms with Crippen molar-refractivity contribution in [1.29, 1.82) is 0 Å². The minimum absolute atomic E-state index is 0.0264. The van der Waals surface area contributed by atoms with Gasteiger partial charge in [0.05, 0.1) is 42.6 Å². The third kappa shape index (κ3) is 9.18. The van der Waals surface area contributed by atoms with Gasteiger partial charge in [-0.15, -0.1) is 0 Å². The molecule has 3 unspecified atom stereocenters. The van der Waals surface area contributed by atoms with Crippen LogP contribution in [0.3, 0.4) is 0 Å². The van der Waals surface area contributed by atoms with E-state index in [4.69, 9.17) is 23.7 Å². The first kappa shape index (κ1) is 46.4. The van der Waals surface area contributed by atoms with Crippen molar-refractivity contribution < 1.29 is 68.4 Å². The summed E-state index contributed by atoms with van der Waals surface area (Å²) in [5, 5.41) is 60.2. The lowest BCUT2D eigenvalue weighted by Gasteiger charge is -2.48. The Morgan fingerprint density at radius 1 is 1.05 bits per heavy atom. The lowest BCUT2D eigenvalue weighted by Crippen LogP contribution is -2.63. The summed E-state index contributed by atoms with van der Waals surface area (Å²) >= 11 is 0. The molecule has 1 aromatic carbocycles. The Balaban J connectivity index is 1.61. The maximum absolute atomic E-state index is 14.6. The molecular weight excluding hydrogens is 770 g/mol. The Hall–Kier alpha value is -3.65. The van der Waals surface area contributed by atoms with Crippen LogP contribution in [0, 0.1) is 17.8 Å². The number of fused-ring (bicyclic) bond motifs is 2. The number of benzene rings is 1. The van der Waals surface area contributed by atoms with E-state index in [-0.39, 0.29) is 24.2 Å². The Morgan fingerprint density at radius 3 is 2.37 bits per heavy atom. The molecule has 3 saturated heterocycles. The third-order valence-electron chi connectivity index (χ3n) is 12.5. The van der Waals surface area contributed by atoms with Crippen molar-refractivity contribution in [3.8, 4) is 0 Å². The zero-order valence-corrected chi connectivity index (χ0v) is 35.2. The van der Waals surface area contributed by atoms with Gasteiger partial charge in [-0.1, -0.05) is 45.9 Å². The monoisotopic (exact) mass is 831 g/mol. The number of carbonyl (C=O) groups is 4. The van der Waals surface area contributed by atoms with E-state index >= 15 is 0 Å². The summed E-state index contributed by atoms with van der Waals surface area (Å²) in [6, 6.07) is 7.38. The molecule has 328 valence electrons. The van der Waals surface area contributed by atoms with Gasteiger partial charge in [-0.3, -0.25) is 14.6 Å². The molecule has 3 fully saturated rings. The van der Waals surface area contributed by atoms with Gasteiger partial charge in [-0.25, -0.2) is 9.59 Å².